The molecule has 1 heterocycles. The number of nitrogens with two attached hydrogens (primary N) is 1. The van der Waals surface area contributed by atoms with Gasteiger partial charge in [-0.05, 0) is 19.3 Å². The van der Waals surface area contributed by atoms with Crippen LogP contribution in [0.25, 0.3) is 0 Å². The molecule has 0 bridgehead atoms. The molecule has 0 aromatic carbocycles. The van der Waals surface area contributed by atoms with E-state index in [9.17, 15) is 0 Å². The minimum atomic E-state index is 0.113. The molecule has 54 valence electrons. The maximum Gasteiger partial charge on any atom is 0.102 e. The summed E-state index contributed by atoms with van der Waals surface area (Å²) < 4.78 is 0. The lowest BCUT2D eigenvalue weighted by Gasteiger charge is -2.14. The quantitative estimate of drug-likeness (QED) is 0.536. The van der Waals surface area contributed by atoms with Gasteiger partial charge in [0.1, 0.15) is 5.69 Å². The number of hydrogen-bond acceptors (Lipinski definition) is 3. The number of nitrogens with zero attached hydrogens (tertiary/aromatic N) is 2. The Balaban J connectivity index is 2.41. The normalized spacial score (nSPS) is 24.3. The average Bonchev–Trinajstić information content (AvgIpc) is 2.36. The second kappa shape index (κ2) is 2.05. The molecule has 0 radical (unpaired) electrons. The van der Waals surface area contributed by atoms with Crippen LogP contribution in [0.3, 0.4) is 0 Å². The van der Waals surface area contributed by atoms with Crippen LogP contribution in [0.2, 0.25) is 0 Å². The number of aryl methyl sites for hydroxylation is 1. The molecular weight excluding hydrogens is 128 g/mol. The van der Waals surface area contributed by atoms with Crippen LogP contribution in [-0.2, 0) is 6.42 Å². The summed E-state index contributed by atoms with van der Waals surface area (Å²) in [6, 6.07) is 0.113. The Morgan fingerprint density at radius 1 is 1.50 bits per heavy atom. The highest BCUT2D eigenvalue weighted by molar-refractivity contribution is 5.15. The van der Waals surface area contributed by atoms with Gasteiger partial charge >= 0.3 is 0 Å². The van der Waals surface area contributed by atoms with Gasteiger partial charge in [-0.1, -0.05) is 0 Å². The van der Waals surface area contributed by atoms with Gasteiger partial charge < -0.3 is 5.73 Å². The number of H-pyrrole nitrogens is 1. The van der Waals surface area contributed by atoms with E-state index in [-0.39, 0.29) is 6.04 Å². The van der Waals surface area contributed by atoms with E-state index >= 15 is 0 Å². The zero-order chi connectivity index (χ0) is 6.97. The summed E-state index contributed by atoms with van der Waals surface area (Å²) in [4.78, 5) is 0. The Morgan fingerprint density at radius 2 is 2.40 bits per heavy atom. The van der Waals surface area contributed by atoms with Crippen molar-refractivity contribution in [1.82, 2.24) is 15.4 Å². The molecular formula is C6H10N4. The highest BCUT2D eigenvalue weighted by Crippen LogP contribution is 2.23. The van der Waals surface area contributed by atoms with Gasteiger partial charge in [-0.3, -0.25) is 0 Å². The highest BCUT2D eigenvalue weighted by Gasteiger charge is 2.19. The lowest BCUT2D eigenvalue weighted by molar-refractivity contribution is 0.555. The van der Waals surface area contributed by atoms with Gasteiger partial charge in [0.25, 0.3) is 0 Å². The van der Waals surface area contributed by atoms with Crippen LogP contribution in [0, 0.1) is 0 Å². The molecule has 3 N–H and O–H groups in total. The fraction of sp³-hybridized carbons (Fsp3) is 0.667. The first-order valence-electron chi connectivity index (χ1n) is 3.53. The van der Waals surface area contributed by atoms with E-state index in [1.165, 1.54) is 0 Å². The molecule has 4 heteroatoms. The maximum absolute atomic E-state index is 5.77. The van der Waals surface area contributed by atoms with Gasteiger partial charge in [0.2, 0.25) is 0 Å². The van der Waals surface area contributed by atoms with Gasteiger partial charge in [0.05, 0.1) is 11.7 Å². The average molecular weight is 138 g/mol. The fourth-order valence-electron chi connectivity index (χ4n) is 1.37. The molecule has 1 atom stereocenters. The number of aromatic nitrogens is 3. The van der Waals surface area contributed by atoms with E-state index in [0.29, 0.717) is 0 Å². The first-order valence-corrected chi connectivity index (χ1v) is 3.53. The van der Waals surface area contributed by atoms with Crippen LogP contribution in [0.5, 0.6) is 0 Å². The number of hydrogen-bond donors (Lipinski definition) is 2. The van der Waals surface area contributed by atoms with Gasteiger partial charge in [0, 0.05) is 0 Å². The van der Waals surface area contributed by atoms with Crippen LogP contribution in [0.4, 0.5) is 0 Å². The third kappa shape index (κ3) is 0.724. The largest absolute Gasteiger partial charge is 0.323 e. The summed E-state index contributed by atoms with van der Waals surface area (Å²) in [5, 5.41) is 10.6. The molecule has 2 rings (SSSR count). The maximum atomic E-state index is 5.77. The van der Waals surface area contributed by atoms with Crippen molar-refractivity contribution < 1.29 is 0 Å². The molecule has 0 fully saturated rings. The van der Waals surface area contributed by atoms with E-state index in [1.807, 2.05) is 0 Å². The molecule has 1 unspecified atom stereocenters. The Labute approximate surface area is 58.8 Å². The fourth-order valence-corrected chi connectivity index (χ4v) is 1.37. The van der Waals surface area contributed by atoms with E-state index in [2.05, 4.69) is 15.4 Å². The zero-order valence-electron chi connectivity index (χ0n) is 5.67. The Kier molecular flexibility index (Phi) is 1.20. The number of fused-ring (bicyclic) bond motifs is 1. The van der Waals surface area contributed by atoms with Gasteiger partial charge in [-0.25, -0.2) is 0 Å². The van der Waals surface area contributed by atoms with Crippen molar-refractivity contribution in [2.24, 2.45) is 5.73 Å². The standard InChI is InChI=1S/C6H10N4/c7-4-2-1-3-5-6(4)9-10-8-5/h4H,1-3,7H2,(H,8,9,10). The van der Waals surface area contributed by atoms with Gasteiger partial charge in [0.15, 0.2) is 0 Å². The topological polar surface area (TPSA) is 67.6 Å². The van der Waals surface area contributed by atoms with E-state index < -0.39 is 0 Å². The lowest BCUT2D eigenvalue weighted by Crippen LogP contribution is -2.17. The molecule has 1 aliphatic carbocycles. The summed E-state index contributed by atoms with van der Waals surface area (Å²) in [7, 11) is 0. The van der Waals surface area contributed by atoms with Crippen LogP contribution in [-0.4, -0.2) is 15.4 Å². The van der Waals surface area contributed by atoms with E-state index in [0.717, 1.165) is 30.7 Å². The number of nitrogens with one attached hydrogen (secondary N) is 1. The Bertz CT molecular complexity index is 229. The van der Waals surface area contributed by atoms with Crippen LogP contribution >= 0.6 is 0 Å². The monoisotopic (exact) mass is 138 g/mol. The van der Waals surface area contributed by atoms with E-state index in [1.54, 1.807) is 0 Å². The van der Waals surface area contributed by atoms with Crippen LogP contribution in [0.15, 0.2) is 0 Å². The minimum absolute atomic E-state index is 0.113. The predicted octanol–water partition coefficient (Wildman–Crippen LogP) is 0.141. The highest BCUT2D eigenvalue weighted by atomic mass is 15.3. The lowest BCUT2D eigenvalue weighted by atomic mass is 9.97. The van der Waals surface area contributed by atoms with Crippen molar-refractivity contribution in [3.63, 3.8) is 0 Å². The van der Waals surface area contributed by atoms with Gasteiger partial charge in [-0.2, -0.15) is 15.4 Å². The SMILES string of the molecule is NC1CCCc2n[nH]nc21. The van der Waals surface area contributed by atoms with Crippen molar-refractivity contribution >= 4 is 0 Å². The summed E-state index contributed by atoms with van der Waals surface area (Å²) in [5.74, 6) is 0. The van der Waals surface area contributed by atoms with Crippen molar-refractivity contribution in [2.75, 3.05) is 0 Å². The van der Waals surface area contributed by atoms with Crippen LogP contribution in [0.1, 0.15) is 30.3 Å². The molecule has 10 heavy (non-hydrogen) atoms. The third-order valence-electron chi connectivity index (χ3n) is 1.93. The van der Waals surface area contributed by atoms with E-state index in [4.69, 9.17) is 5.73 Å². The van der Waals surface area contributed by atoms with Crippen molar-refractivity contribution in [1.29, 1.82) is 0 Å². The summed E-state index contributed by atoms with van der Waals surface area (Å²) in [6.07, 6.45) is 3.21. The van der Waals surface area contributed by atoms with Gasteiger partial charge in [-0.15, -0.1) is 0 Å². The molecule has 1 aromatic heterocycles. The number of rotatable bonds is 0. The molecule has 1 aromatic rings. The molecule has 1 aliphatic rings. The first kappa shape index (κ1) is 5.85. The molecule has 0 saturated carbocycles. The second-order valence-electron chi connectivity index (χ2n) is 2.65. The first-order chi connectivity index (χ1) is 4.88. The molecule has 0 spiro atoms. The minimum Gasteiger partial charge on any atom is -0.323 e. The summed E-state index contributed by atoms with van der Waals surface area (Å²) >= 11 is 0. The molecule has 0 saturated heterocycles. The summed E-state index contributed by atoms with van der Waals surface area (Å²) in [5.41, 5.74) is 7.79. The molecule has 0 amide bonds. The smallest absolute Gasteiger partial charge is 0.102 e. The zero-order valence-corrected chi connectivity index (χ0v) is 5.67. The van der Waals surface area contributed by atoms with Crippen molar-refractivity contribution in [3.05, 3.63) is 11.4 Å². The Hall–Kier alpha value is -0.900. The molecule has 0 aliphatic heterocycles. The second-order valence-corrected chi connectivity index (χ2v) is 2.65. The third-order valence-corrected chi connectivity index (χ3v) is 1.93. The Morgan fingerprint density at radius 3 is 3.20 bits per heavy atom. The van der Waals surface area contributed by atoms with Crippen LogP contribution < -0.4 is 5.73 Å². The number of aromatic amines is 1. The van der Waals surface area contributed by atoms with Crippen molar-refractivity contribution in [2.45, 2.75) is 25.3 Å². The predicted molar refractivity (Wildman–Crippen MR) is 36.2 cm³/mol. The van der Waals surface area contributed by atoms with Crippen molar-refractivity contribution in [3.8, 4) is 0 Å². The summed E-state index contributed by atoms with van der Waals surface area (Å²) in [6.45, 7) is 0. The molecule has 4 nitrogen and oxygen atoms in total.